The minimum Gasteiger partial charge on any atom is -0.443 e. The normalized spacial score (nSPS) is 21.7. The Morgan fingerprint density at radius 2 is 2.00 bits per heavy atom. The lowest BCUT2D eigenvalue weighted by atomic mass is 9.87. The average molecular weight is 369 g/mol. The summed E-state index contributed by atoms with van der Waals surface area (Å²) in [5.41, 5.74) is 1.32. The number of aromatic nitrogens is 2. The van der Waals surface area contributed by atoms with Crippen LogP contribution in [0.25, 0.3) is 11.3 Å². The summed E-state index contributed by atoms with van der Waals surface area (Å²) in [5, 5.41) is 10.1. The number of carbonyl (C=O) groups is 1. The van der Waals surface area contributed by atoms with Crippen LogP contribution in [0.15, 0.2) is 42.9 Å². The van der Waals surface area contributed by atoms with Crippen molar-refractivity contribution in [1.82, 2.24) is 14.9 Å². The summed E-state index contributed by atoms with van der Waals surface area (Å²) < 4.78 is 5.71. The van der Waals surface area contributed by atoms with Crippen LogP contribution >= 0.6 is 0 Å². The molecule has 1 aromatic carbocycles. The van der Waals surface area contributed by atoms with E-state index >= 15 is 0 Å². The Balaban J connectivity index is 1.70. The maximum atomic E-state index is 12.6. The van der Waals surface area contributed by atoms with Crippen LogP contribution in [0.5, 0.6) is 0 Å². The first-order valence-corrected chi connectivity index (χ1v) is 9.25. The molecule has 27 heavy (non-hydrogen) atoms. The second kappa shape index (κ2) is 7.27. The third-order valence-corrected chi connectivity index (χ3v) is 4.98. The highest BCUT2D eigenvalue weighted by atomic mass is 16.6. The fourth-order valence-corrected chi connectivity index (χ4v) is 3.72. The third-order valence-electron chi connectivity index (χ3n) is 4.98. The van der Waals surface area contributed by atoms with Crippen LogP contribution in [0.4, 0.5) is 4.79 Å². The Hall–Kier alpha value is -2.47. The van der Waals surface area contributed by atoms with Crippen molar-refractivity contribution in [3.05, 3.63) is 48.4 Å². The number of cyclic esters (lactones) is 1. The van der Waals surface area contributed by atoms with E-state index in [4.69, 9.17) is 4.74 Å². The number of ether oxygens (including phenoxy) is 1. The smallest absolute Gasteiger partial charge is 0.410 e. The average Bonchev–Trinajstić information content (AvgIpc) is 2.60. The van der Waals surface area contributed by atoms with Crippen LogP contribution in [-0.4, -0.2) is 43.8 Å². The van der Waals surface area contributed by atoms with Gasteiger partial charge in [-0.2, -0.15) is 0 Å². The van der Waals surface area contributed by atoms with Crippen LogP contribution in [0.2, 0.25) is 0 Å². The second-order valence-electron chi connectivity index (χ2n) is 8.14. The largest absolute Gasteiger partial charge is 0.443 e. The summed E-state index contributed by atoms with van der Waals surface area (Å²) in [6.07, 6.45) is 5.81. The zero-order valence-electron chi connectivity index (χ0n) is 16.3. The summed E-state index contributed by atoms with van der Waals surface area (Å²) in [5.74, 6) is 0. The molecule has 1 fully saturated rings. The van der Waals surface area contributed by atoms with Crippen molar-refractivity contribution in [2.24, 2.45) is 0 Å². The minimum absolute atomic E-state index is 0.0971. The van der Waals surface area contributed by atoms with Gasteiger partial charge < -0.3 is 14.7 Å². The zero-order chi connectivity index (χ0) is 19.7. The number of hydrogen-bond acceptors (Lipinski definition) is 5. The molecule has 144 valence electrons. The predicted octanol–water partition coefficient (Wildman–Crippen LogP) is 3.97. The maximum Gasteiger partial charge on any atom is 0.410 e. The number of amides is 1. The van der Waals surface area contributed by atoms with Gasteiger partial charge >= 0.3 is 6.09 Å². The van der Waals surface area contributed by atoms with E-state index in [-0.39, 0.29) is 12.1 Å². The number of rotatable bonds is 5. The molecule has 2 aromatic rings. The SMILES string of the molecule is C[C@@H](c1ccc(-c2cnccn2)cc1)N1CC[C@@](C)(CC(C)(C)O)OC1=O. The van der Waals surface area contributed by atoms with Gasteiger partial charge in [-0.3, -0.25) is 9.97 Å². The van der Waals surface area contributed by atoms with Gasteiger partial charge in [0, 0.05) is 37.3 Å². The summed E-state index contributed by atoms with van der Waals surface area (Å²) in [6.45, 7) is 7.95. The molecule has 0 bridgehead atoms. The first-order chi connectivity index (χ1) is 12.7. The van der Waals surface area contributed by atoms with Gasteiger partial charge in [0.25, 0.3) is 0 Å². The van der Waals surface area contributed by atoms with Crippen LogP contribution in [0, 0.1) is 0 Å². The lowest BCUT2D eigenvalue weighted by Crippen LogP contribution is -2.51. The molecule has 1 saturated heterocycles. The van der Waals surface area contributed by atoms with Gasteiger partial charge in [0.05, 0.1) is 23.5 Å². The Labute approximate surface area is 160 Å². The topological polar surface area (TPSA) is 75.6 Å². The number of aliphatic hydroxyl groups is 1. The van der Waals surface area contributed by atoms with Gasteiger partial charge in [0.15, 0.2) is 0 Å². The maximum absolute atomic E-state index is 12.6. The zero-order valence-corrected chi connectivity index (χ0v) is 16.3. The first kappa shape index (κ1) is 19.3. The number of hydrogen-bond donors (Lipinski definition) is 1. The van der Waals surface area contributed by atoms with Crippen molar-refractivity contribution < 1.29 is 14.6 Å². The quantitative estimate of drug-likeness (QED) is 0.863. The molecular formula is C21H27N3O3. The fourth-order valence-electron chi connectivity index (χ4n) is 3.72. The monoisotopic (exact) mass is 369 g/mol. The Kier molecular flexibility index (Phi) is 5.20. The lowest BCUT2D eigenvalue weighted by Gasteiger charge is -2.43. The first-order valence-electron chi connectivity index (χ1n) is 9.25. The van der Waals surface area contributed by atoms with E-state index < -0.39 is 11.2 Å². The molecule has 0 radical (unpaired) electrons. The van der Waals surface area contributed by atoms with Crippen molar-refractivity contribution in [2.75, 3.05) is 6.54 Å². The molecule has 6 heteroatoms. The van der Waals surface area contributed by atoms with E-state index in [2.05, 4.69) is 9.97 Å². The number of benzene rings is 1. The summed E-state index contributed by atoms with van der Waals surface area (Å²) in [6, 6.07) is 7.90. The Morgan fingerprint density at radius 3 is 2.56 bits per heavy atom. The Morgan fingerprint density at radius 1 is 1.30 bits per heavy atom. The van der Waals surface area contributed by atoms with E-state index in [0.29, 0.717) is 19.4 Å². The minimum atomic E-state index is -0.876. The molecule has 1 N–H and O–H groups in total. The highest BCUT2D eigenvalue weighted by Crippen LogP contribution is 2.34. The molecule has 1 aliphatic rings. The third kappa shape index (κ3) is 4.63. The summed E-state index contributed by atoms with van der Waals surface area (Å²) in [4.78, 5) is 22.7. The van der Waals surface area contributed by atoms with Crippen LogP contribution in [0.1, 0.15) is 52.1 Å². The highest BCUT2D eigenvalue weighted by Gasteiger charge is 2.41. The van der Waals surface area contributed by atoms with E-state index in [0.717, 1.165) is 16.8 Å². The van der Waals surface area contributed by atoms with Crippen molar-refractivity contribution in [1.29, 1.82) is 0 Å². The van der Waals surface area contributed by atoms with Gasteiger partial charge in [0.1, 0.15) is 5.60 Å². The Bertz CT molecular complexity index is 787. The highest BCUT2D eigenvalue weighted by molar-refractivity contribution is 5.70. The van der Waals surface area contributed by atoms with E-state index in [1.165, 1.54) is 0 Å². The summed E-state index contributed by atoms with van der Waals surface area (Å²) >= 11 is 0. The standard InChI is InChI=1S/C21H27N3O3/c1-15(16-5-7-17(8-6-16)18-13-22-10-11-23-18)24-12-9-21(4,27-19(24)25)14-20(2,3)26/h5-8,10-11,13,15,26H,9,12,14H2,1-4H3/t15-,21-/m0/s1. The second-order valence-corrected chi connectivity index (χ2v) is 8.14. The summed E-state index contributed by atoms with van der Waals surface area (Å²) in [7, 11) is 0. The van der Waals surface area contributed by atoms with Crippen LogP contribution < -0.4 is 0 Å². The molecule has 3 rings (SSSR count). The fraction of sp³-hybridized carbons (Fsp3) is 0.476. The molecule has 2 atom stereocenters. The lowest BCUT2D eigenvalue weighted by molar-refractivity contribution is -0.0859. The molecule has 0 spiro atoms. The molecule has 1 amide bonds. The molecule has 2 heterocycles. The molecule has 0 aliphatic carbocycles. The van der Waals surface area contributed by atoms with E-state index in [9.17, 15) is 9.90 Å². The van der Waals surface area contributed by atoms with Gasteiger partial charge in [-0.05, 0) is 33.3 Å². The van der Waals surface area contributed by atoms with Crippen molar-refractivity contribution >= 4 is 6.09 Å². The number of nitrogens with zero attached hydrogens (tertiary/aromatic N) is 3. The van der Waals surface area contributed by atoms with Crippen LogP contribution in [0.3, 0.4) is 0 Å². The number of carbonyl (C=O) groups excluding carboxylic acids is 1. The van der Waals surface area contributed by atoms with E-state index in [1.54, 1.807) is 37.3 Å². The van der Waals surface area contributed by atoms with Gasteiger partial charge in [-0.25, -0.2) is 4.79 Å². The van der Waals surface area contributed by atoms with Gasteiger partial charge in [0.2, 0.25) is 0 Å². The van der Waals surface area contributed by atoms with Gasteiger partial charge in [-0.1, -0.05) is 24.3 Å². The molecule has 0 saturated carbocycles. The van der Waals surface area contributed by atoms with E-state index in [1.807, 2.05) is 38.1 Å². The van der Waals surface area contributed by atoms with Crippen molar-refractivity contribution in [3.8, 4) is 11.3 Å². The van der Waals surface area contributed by atoms with Crippen molar-refractivity contribution in [2.45, 2.75) is 57.8 Å². The van der Waals surface area contributed by atoms with Gasteiger partial charge in [-0.15, -0.1) is 0 Å². The van der Waals surface area contributed by atoms with Crippen LogP contribution in [-0.2, 0) is 4.74 Å². The molecule has 1 aliphatic heterocycles. The van der Waals surface area contributed by atoms with Crippen molar-refractivity contribution in [3.63, 3.8) is 0 Å². The molecule has 6 nitrogen and oxygen atoms in total. The molecular weight excluding hydrogens is 342 g/mol. The molecule has 1 aromatic heterocycles. The predicted molar refractivity (Wildman–Crippen MR) is 103 cm³/mol. The molecule has 0 unspecified atom stereocenters.